The summed E-state index contributed by atoms with van der Waals surface area (Å²) >= 11 is 0. The van der Waals surface area contributed by atoms with Crippen LogP contribution < -0.4 is 14.8 Å². The predicted molar refractivity (Wildman–Crippen MR) is 92.2 cm³/mol. The van der Waals surface area contributed by atoms with Crippen LogP contribution in [0.1, 0.15) is 11.1 Å². The molecule has 0 fully saturated rings. The summed E-state index contributed by atoms with van der Waals surface area (Å²) < 4.78 is 10.9. The number of benzene rings is 2. The number of nitrogens with one attached hydrogen (secondary N) is 1. The van der Waals surface area contributed by atoms with E-state index in [1.807, 2.05) is 49.4 Å². The number of methoxy groups -OCH3 is 1. The Labute approximate surface area is 138 Å². The molecule has 0 aliphatic heterocycles. The molecule has 0 aromatic heterocycles. The Morgan fingerprint density at radius 2 is 1.96 bits per heavy atom. The summed E-state index contributed by atoms with van der Waals surface area (Å²) in [5.41, 5.74) is 2.31. The van der Waals surface area contributed by atoms with Crippen molar-refractivity contribution < 1.29 is 14.6 Å². The van der Waals surface area contributed by atoms with E-state index >= 15 is 0 Å². The number of aliphatic hydroxyl groups is 1. The fourth-order valence-corrected chi connectivity index (χ4v) is 2.36. The third-order valence-electron chi connectivity index (χ3n) is 3.58. The number of hydrogen-bond donors (Lipinski definition) is 2. The van der Waals surface area contributed by atoms with Crippen LogP contribution in [0, 0.1) is 6.92 Å². The van der Waals surface area contributed by atoms with E-state index in [0.29, 0.717) is 6.54 Å². The molecule has 2 rings (SSSR count). The summed E-state index contributed by atoms with van der Waals surface area (Å²) in [6.07, 6.45) is 0.323. The third-order valence-corrected chi connectivity index (χ3v) is 3.58. The molecule has 0 saturated heterocycles. The zero-order chi connectivity index (χ0) is 16.5. The summed E-state index contributed by atoms with van der Waals surface area (Å²) in [4.78, 5) is 0. The molecular formula is C19H25NO3. The van der Waals surface area contributed by atoms with Gasteiger partial charge in [-0.1, -0.05) is 30.3 Å². The fraction of sp³-hybridized carbons (Fsp3) is 0.368. The minimum absolute atomic E-state index is 0.283. The Morgan fingerprint density at radius 1 is 1.13 bits per heavy atom. The average molecular weight is 315 g/mol. The van der Waals surface area contributed by atoms with Crippen molar-refractivity contribution in [3.05, 3.63) is 59.7 Å². The highest BCUT2D eigenvalue weighted by molar-refractivity contribution is 5.33. The highest BCUT2D eigenvalue weighted by atomic mass is 16.5. The van der Waals surface area contributed by atoms with Crippen LogP contribution in [-0.4, -0.2) is 38.0 Å². The number of aliphatic hydroxyl groups excluding tert-OH is 1. The van der Waals surface area contributed by atoms with E-state index in [1.165, 1.54) is 0 Å². The monoisotopic (exact) mass is 315 g/mol. The quantitative estimate of drug-likeness (QED) is 0.698. The molecule has 0 heterocycles. The van der Waals surface area contributed by atoms with Crippen LogP contribution in [0.2, 0.25) is 0 Å². The van der Waals surface area contributed by atoms with Crippen molar-refractivity contribution in [2.75, 3.05) is 26.8 Å². The largest absolute Gasteiger partial charge is 0.496 e. The molecule has 2 aromatic carbocycles. The zero-order valence-corrected chi connectivity index (χ0v) is 13.8. The van der Waals surface area contributed by atoms with Crippen molar-refractivity contribution >= 4 is 0 Å². The van der Waals surface area contributed by atoms with E-state index in [0.717, 1.165) is 35.6 Å². The van der Waals surface area contributed by atoms with Crippen LogP contribution in [0.25, 0.3) is 0 Å². The molecule has 4 heteroatoms. The van der Waals surface area contributed by atoms with Gasteiger partial charge in [0, 0.05) is 6.54 Å². The lowest BCUT2D eigenvalue weighted by Crippen LogP contribution is -2.32. The molecule has 0 spiro atoms. The van der Waals surface area contributed by atoms with Gasteiger partial charge in [0.25, 0.3) is 0 Å². The van der Waals surface area contributed by atoms with Gasteiger partial charge in [0.15, 0.2) is 0 Å². The lowest BCUT2D eigenvalue weighted by atomic mass is 10.1. The van der Waals surface area contributed by atoms with Gasteiger partial charge >= 0.3 is 0 Å². The van der Waals surface area contributed by atoms with Gasteiger partial charge in [-0.2, -0.15) is 0 Å². The molecule has 2 N–H and O–H groups in total. The Kier molecular flexibility index (Phi) is 6.91. The van der Waals surface area contributed by atoms with Crippen molar-refractivity contribution in [2.45, 2.75) is 19.4 Å². The average Bonchev–Trinajstić information content (AvgIpc) is 2.57. The molecule has 0 amide bonds. The second-order valence-electron chi connectivity index (χ2n) is 5.55. The van der Waals surface area contributed by atoms with Crippen molar-refractivity contribution in [3.63, 3.8) is 0 Å². The number of hydrogen-bond acceptors (Lipinski definition) is 4. The third kappa shape index (κ3) is 5.93. The Morgan fingerprint density at radius 3 is 2.74 bits per heavy atom. The highest BCUT2D eigenvalue weighted by Crippen LogP contribution is 2.17. The van der Waals surface area contributed by atoms with E-state index in [-0.39, 0.29) is 6.61 Å². The summed E-state index contributed by atoms with van der Waals surface area (Å²) in [7, 11) is 1.68. The van der Waals surface area contributed by atoms with Crippen LogP contribution in [0.15, 0.2) is 48.5 Å². The Bertz CT molecular complexity index is 601. The van der Waals surface area contributed by atoms with E-state index in [4.69, 9.17) is 9.47 Å². The van der Waals surface area contributed by atoms with Gasteiger partial charge in [-0.3, -0.25) is 0 Å². The minimum atomic E-state index is -0.534. The molecular weight excluding hydrogens is 290 g/mol. The minimum Gasteiger partial charge on any atom is -0.496 e. The van der Waals surface area contributed by atoms with Gasteiger partial charge in [0.05, 0.1) is 7.11 Å². The summed E-state index contributed by atoms with van der Waals surface area (Å²) in [5, 5.41) is 13.2. The van der Waals surface area contributed by atoms with Crippen LogP contribution in [0.5, 0.6) is 11.5 Å². The van der Waals surface area contributed by atoms with Crippen molar-refractivity contribution in [1.29, 1.82) is 0 Å². The lowest BCUT2D eigenvalue weighted by Gasteiger charge is -2.14. The van der Waals surface area contributed by atoms with Gasteiger partial charge in [0.1, 0.15) is 24.2 Å². The van der Waals surface area contributed by atoms with Crippen molar-refractivity contribution in [3.8, 4) is 11.5 Å². The van der Waals surface area contributed by atoms with Gasteiger partial charge in [-0.25, -0.2) is 0 Å². The van der Waals surface area contributed by atoms with Gasteiger partial charge in [-0.15, -0.1) is 0 Å². The van der Waals surface area contributed by atoms with E-state index in [2.05, 4.69) is 11.4 Å². The highest BCUT2D eigenvalue weighted by Gasteiger charge is 2.06. The predicted octanol–water partition coefficient (Wildman–Crippen LogP) is 2.58. The molecule has 0 bridgehead atoms. The smallest absolute Gasteiger partial charge is 0.122 e. The summed E-state index contributed by atoms with van der Waals surface area (Å²) in [6, 6.07) is 15.8. The molecule has 1 unspecified atom stereocenters. The standard InChI is InChI=1S/C19H25NO3/c1-15-6-5-8-18(12-15)23-14-17(21)13-20-11-10-16-7-3-4-9-19(16)22-2/h3-9,12,17,20-21H,10-11,13-14H2,1-2H3. The van der Waals surface area contributed by atoms with Crippen molar-refractivity contribution in [2.24, 2.45) is 0 Å². The first-order valence-electron chi connectivity index (χ1n) is 7.89. The van der Waals surface area contributed by atoms with Crippen LogP contribution in [0.3, 0.4) is 0 Å². The molecule has 2 aromatic rings. The lowest BCUT2D eigenvalue weighted by molar-refractivity contribution is 0.106. The number of para-hydroxylation sites is 1. The van der Waals surface area contributed by atoms with Crippen LogP contribution in [-0.2, 0) is 6.42 Å². The van der Waals surface area contributed by atoms with Crippen molar-refractivity contribution in [1.82, 2.24) is 5.32 Å². The molecule has 4 nitrogen and oxygen atoms in total. The maximum Gasteiger partial charge on any atom is 0.122 e. The Hall–Kier alpha value is -2.04. The van der Waals surface area contributed by atoms with E-state index in [1.54, 1.807) is 7.11 Å². The normalized spacial score (nSPS) is 12.0. The van der Waals surface area contributed by atoms with Gasteiger partial charge < -0.3 is 19.9 Å². The van der Waals surface area contributed by atoms with E-state index in [9.17, 15) is 5.11 Å². The zero-order valence-electron chi connectivity index (χ0n) is 13.8. The second kappa shape index (κ2) is 9.18. The molecule has 23 heavy (non-hydrogen) atoms. The first kappa shape index (κ1) is 17.3. The number of aryl methyl sites for hydroxylation is 1. The molecule has 0 saturated carbocycles. The Balaban J connectivity index is 1.66. The topological polar surface area (TPSA) is 50.7 Å². The second-order valence-corrected chi connectivity index (χ2v) is 5.55. The SMILES string of the molecule is COc1ccccc1CCNCC(O)COc1cccc(C)c1. The number of ether oxygens (including phenoxy) is 2. The number of rotatable bonds is 9. The maximum absolute atomic E-state index is 9.97. The molecule has 0 radical (unpaired) electrons. The summed E-state index contributed by atoms with van der Waals surface area (Å²) in [6.45, 7) is 3.58. The first-order valence-corrected chi connectivity index (χ1v) is 7.89. The maximum atomic E-state index is 9.97. The molecule has 1 atom stereocenters. The van der Waals surface area contributed by atoms with Crippen LogP contribution in [0.4, 0.5) is 0 Å². The van der Waals surface area contributed by atoms with Crippen LogP contribution >= 0.6 is 0 Å². The van der Waals surface area contributed by atoms with Gasteiger partial charge in [-0.05, 0) is 49.2 Å². The fourth-order valence-electron chi connectivity index (χ4n) is 2.36. The van der Waals surface area contributed by atoms with E-state index < -0.39 is 6.10 Å². The molecule has 124 valence electrons. The van der Waals surface area contributed by atoms with Gasteiger partial charge in [0.2, 0.25) is 0 Å². The first-order chi connectivity index (χ1) is 11.2. The molecule has 0 aliphatic carbocycles. The molecule has 0 aliphatic rings. The summed E-state index contributed by atoms with van der Waals surface area (Å²) in [5.74, 6) is 1.69.